The monoisotopic (exact) mass is 285 g/mol. The first-order valence-corrected chi connectivity index (χ1v) is 7.55. The Hall–Kier alpha value is -1.40. The molecule has 1 rings (SSSR count). The summed E-state index contributed by atoms with van der Waals surface area (Å²) in [5.74, 6) is -1.84. The maximum atomic E-state index is 12.1. The minimum atomic E-state index is -3.49. The van der Waals surface area contributed by atoms with Gasteiger partial charge in [-0.15, -0.1) is 0 Å². The molecule has 0 spiro atoms. The lowest BCUT2D eigenvalue weighted by molar-refractivity contribution is -0.141. The molecule has 0 radical (unpaired) electrons. The van der Waals surface area contributed by atoms with Crippen molar-refractivity contribution >= 4 is 16.0 Å². The summed E-state index contributed by atoms with van der Waals surface area (Å²) in [6.07, 6.45) is 0. The van der Waals surface area contributed by atoms with E-state index in [1.165, 1.54) is 14.0 Å². The molecule has 5 nitrogen and oxygen atoms in total. The van der Waals surface area contributed by atoms with E-state index in [-0.39, 0.29) is 12.3 Å². The van der Waals surface area contributed by atoms with Gasteiger partial charge < -0.3 is 5.11 Å². The number of sulfonamides is 1. The summed E-state index contributed by atoms with van der Waals surface area (Å²) in [7, 11) is -2.08. The lowest BCUT2D eigenvalue weighted by Crippen LogP contribution is -2.34. The van der Waals surface area contributed by atoms with Crippen LogP contribution in [0.3, 0.4) is 0 Å². The van der Waals surface area contributed by atoms with Gasteiger partial charge in [-0.3, -0.25) is 4.79 Å². The van der Waals surface area contributed by atoms with E-state index in [4.69, 9.17) is 5.11 Å². The first kappa shape index (κ1) is 15.7. The fraction of sp³-hybridized carbons (Fsp3) is 0.462. The zero-order valence-electron chi connectivity index (χ0n) is 11.3. The Morgan fingerprint density at radius 2 is 2.05 bits per heavy atom. The van der Waals surface area contributed by atoms with Gasteiger partial charge >= 0.3 is 5.97 Å². The first-order chi connectivity index (χ1) is 8.72. The molecule has 1 N–H and O–H groups in total. The predicted molar refractivity (Wildman–Crippen MR) is 73.2 cm³/mol. The normalized spacial score (nSPS) is 13.5. The number of hydrogen-bond acceptors (Lipinski definition) is 3. The molecule has 0 aromatic heterocycles. The molecular formula is C13H19NO4S. The van der Waals surface area contributed by atoms with Gasteiger partial charge in [0, 0.05) is 13.6 Å². The zero-order valence-corrected chi connectivity index (χ0v) is 12.1. The highest BCUT2D eigenvalue weighted by Gasteiger charge is 2.23. The Bertz CT molecular complexity index is 554. The quantitative estimate of drug-likeness (QED) is 0.859. The van der Waals surface area contributed by atoms with E-state index in [2.05, 4.69) is 0 Å². The molecule has 0 saturated heterocycles. The van der Waals surface area contributed by atoms with Gasteiger partial charge in [0.15, 0.2) is 0 Å². The van der Waals surface area contributed by atoms with Crippen molar-refractivity contribution in [2.24, 2.45) is 5.92 Å². The molecule has 0 amide bonds. The highest BCUT2D eigenvalue weighted by Crippen LogP contribution is 2.12. The van der Waals surface area contributed by atoms with Crippen molar-refractivity contribution in [3.63, 3.8) is 0 Å². The maximum Gasteiger partial charge on any atom is 0.307 e. The van der Waals surface area contributed by atoms with Crippen molar-refractivity contribution in [2.75, 3.05) is 13.6 Å². The molecule has 6 heteroatoms. The van der Waals surface area contributed by atoms with Crippen LogP contribution in [-0.2, 0) is 20.6 Å². The molecule has 0 bridgehead atoms. The fourth-order valence-electron chi connectivity index (χ4n) is 1.70. The zero-order chi connectivity index (χ0) is 14.6. The molecule has 0 aliphatic rings. The van der Waals surface area contributed by atoms with E-state index in [9.17, 15) is 13.2 Å². The van der Waals surface area contributed by atoms with E-state index in [1.54, 1.807) is 12.1 Å². The Labute approximate surface area is 113 Å². The van der Waals surface area contributed by atoms with Gasteiger partial charge in [-0.2, -0.15) is 0 Å². The van der Waals surface area contributed by atoms with Crippen molar-refractivity contribution in [1.82, 2.24) is 4.31 Å². The van der Waals surface area contributed by atoms with Crippen LogP contribution in [0.1, 0.15) is 18.1 Å². The third kappa shape index (κ3) is 4.65. The summed E-state index contributed by atoms with van der Waals surface area (Å²) >= 11 is 0. The van der Waals surface area contributed by atoms with Crippen LogP contribution in [-0.4, -0.2) is 37.4 Å². The highest BCUT2D eigenvalue weighted by atomic mass is 32.2. The van der Waals surface area contributed by atoms with Crippen molar-refractivity contribution in [3.05, 3.63) is 35.4 Å². The van der Waals surface area contributed by atoms with Gasteiger partial charge in [-0.1, -0.05) is 36.8 Å². The van der Waals surface area contributed by atoms with Crippen LogP contribution in [0.15, 0.2) is 24.3 Å². The molecule has 1 aromatic carbocycles. The highest BCUT2D eigenvalue weighted by molar-refractivity contribution is 7.88. The molecule has 0 heterocycles. The number of nitrogens with zero attached hydrogens (tertiary/aromatic N) is 1. The molecule has 1 aromatic rings. The van der Waals surface area contributed by atoms with Crippen LogP contribution >= 0.6 is 0 Å². The van der Waals surface area contributed by atoms with Crippen LogP contribution in [0.4, 0.5) is 0 Å². The standard InChI is InChI=1S/C13H19NO4S/c1-10-5-4-6-12(7-10)9-19(17,18)14(3)8-11(2)13(15)16/h4-7,11H,8-9H2,1-3H3,(H,15,16). The second-order valence-corrected chi connectivity index (χ2v) is 6.84. The summed E-state index contributed by atoms with van der Waals surface area (Å²) in [5.41, 5.74) is 1.70. The second kappa shape index (κ2) is 6.16. The molecule has 106 valence electrons. The number of benzene rings is 1. The third-order valence-corrected chi connectivity index (χ3v) is 4.66. The van der Waals surface area contributed by atoms with Crippen LogP contribution in [0.5, 0.6) is 0 Å². The van der Waals surface area contributed by atoms with Crippen LogP contribution in [0.25, 0.3) is 0 Å². The summed E-state index contributed by atoms with van der Waals surface area (Å²) in [4.78, 5) is 10.7. The largest absolute Gasteiger partial charge is 0.481 e. The number of rotatable bonds is 6. The average Bonchev–Trinajstić information content (AvgIpc) is 2.27. The summed E-state index contributed by atoms with van der Waals surface area (Å²) in [6, 6.07) is 7.26. The lowest BCUT2D eigenvalue weighted by atomic mass is 10.2. The summed E-state index contributed by atoms with van der Waals surface area (Å²) < 4.78 is 25.3. The van der Waals surface area contributed by atoms with E-state index in [0.29, 0.717) is 5.56 Å². The predicted octanol–water partition coefficient (Wildman–Crippen LogP) is 1.48. The Balaban J connectivity index is 2.78. The molecule has 0 saturated carbocycles. The Kier molecular flexibility index (Phi) is 5.08. The first-order valence-electron chi connectivity index (χ1n) is 5.94. The van der Waals surface area contributed by atoms with Crippen molar-refractivity contribution < 1.29 is 18.3 Å². The maximum absolute atomic E-state index is 12.1. The Morgan fingerprint density at radius 1 is 1.42 bits per heavy atom. The number of aryl methyl sites for hydroxylation is 1. The van der Waals surface area contributed by atoms with E-state index in [1.807, 2.05) is 19.1 Å². The average molecular weight is 285 g/mol. The van der Waals surface area contributed by atoms with Gasteiger partial charge in [0.25, 0.3) is 0 Å². The molecular weight excluding hydrogens is 266 g/mol. The minimum absolute atomic E-state index is 0.0243. The SMILES string of the molecule is Cc1cccc(CS(=O)(=O)N(C)CC(C)C(=O)O)c1. The van der Waals surface area contributed by atoms with E-state index >= 15 is 0 Å². The van der Waals surface area contributed by atoms with E-state index in [0.717, 1.165) is 9.87 Å². The Morgan fingerprint density at radius 3 is 2.58 bits per heavy atom. The lowest BCUT2D eigenvalue weighted by Gasteiger charge is -2.19. The van der Waals surface area contributed by atoms with Crippen LogP contribution in [0.2, 0.25) is 0 Å². The molecule has 0 aliphatic carbocycles. The van der Waals surface area contributed by atoms with Gasteiger partial charge in [0.1, 0.15) is 0 Å². The minimum Gasteiger partial charge on any atom is -0.481 e. The second-order valence-electron chi connectivity index (χ2n) is 4.77. The third-order valence-electron chi connectivity index (χ3n) is 2.86. The van der Waals surface area contributed by atoms with E-state index < -0.39 is 21.9 Å². The molecule has 1 unspecified atom stereocenters. The van der Waals surface area contributed by atoms with Gasteiger partial charge in [0.05, 0.1) is 11.7 Å². The summed E-state index contributed by atoms with van der Waals surface area (Å²) in [6.45, 7) is 3.36. The van der Waals surface area contributed by atoms with Gasteiger partial charge in [-0.05, 0) is 12.5 Å². The molecule has 1 atom stereocenters. The topological polar surface area (TPSA) is 74.7 Å². The molecule has 19 heavy (non-hydrogen) atoms. The van der Waals surface area contributed by atoms with Crippen LogP contribution < -0.4 is 0 Å². The number of hydrogen-bond donors (Lipinski definition) is 1. The van der Waals surface area contributed by atoms with Crippen molar-refractivity contribution in [1.29, 1.82) is 0 Å². The molecule has 0 fully saturated rings. The van der Waals surface area contributed by atoms with Crippen molar-refractivity contribution in [2.45, 2.75) is 19.6 Å². The number of carbonyl (C=O) groups is 1. The number of carboxylic acids is 1. The number of aliphatic carboxylic acids is 1. The van der Waals surface area contributed by atoms with Gasteiger partial charge in [0.2, 0.25) is 10.0 Å². The van der Waals surface area contributed by atoms with Crippen LogP contribution in [0, 0.1) is 12.8 Å². The fourth-order valence-corrected chi connectivity index (χ4v) is 2.97. The van der Waals surface area contributed by atoms with Crippen molar-refractivity contribution in [3.8, 4) is 0 Å². The van der Waals surface area contributed by atoms with Gasteiger partial charge in [-0.25, -0.2) is 12.7 Å². The molecule has 0 aliphatic heterocycles. The summed E-state index contributed by atoms with van der Waals surface area (Å²) in [5, 5.41) is 8.80. The number of carboxylic acid groups (broad SMARTS) is 1. The smallest absolute Gasteiger partial charge is 0.307 e.